The minimum Gasteiger partial charge on any atom is -0.478 e. The van der Waals surface area contributed by atoms with Crippen LogP contribution in [0.2, 0.25) is 0 Å². The molecule has 115 heavy (non-hydrogen) atoms. The summed E-state index contributed by atoms with van der Waals surface area (Å²) in [6, 6.07) is 41.7. The van der Waals surface area contributed by atoms with E-state index < -0.39 is 72.8 Å². The number of pyridine rings is 3. The lowest BCUT2D eigenvalue weighted by molar-refractivity contribution is -0.137. The van der Waals surface area contributed by atoms with Gasteiger partial charge in [0.15, 0.2) is 0 Å². The van der Waals surface area contributed by atoms with Gasteiger partial charge in [-0.2, -0.15) is 39.5 Å². The second-order valence-corrected chi connectivity index (χ2v) is 26.0. The third-order valence-electron chi connectivity index (χ3n) is 17.6. The summed E-state index contributed by atoms with van der Waals surface area (Å²) in [5, 5.41) is 23.4. The van der Waals surface area contributed by atoms with E-state index in [0.29, 0.717) is 72.3 Å². The van der Waals surface area contributed by atoms with Gasteiger partial charge in [0.2, 0.25) is 17.8 Å². The van der Waals surface area contributed by atoms with Gasteiger partial charge in [-0.1, -0.05) is 18.2 Å². The summed E-state index contributed by atoms with van der Waals surface area (Å²) < 4.78 is 144. The topological polar surface area (TPSA) is 356 Å². The predicted octanol–water partition coefficient (Wildman–Crippen LogP) is 14.7. The number of carbonyl (C=O) groups is 3. The van der Waals surface area contributed by atoms with E-state index in [9.17, 15) is 53.9 Å². The van der Waals surface area contributed by atoms with Crippen LogP contribution in [0.5, 0.6) is 0 Å². The quantitative estimate of drug-likeness (QED) is 0.0152. The number of nitrogens with two attached hydrogens (primary N) is 2. The highest BCUT2D eigenvalue weighted by atomic mass is 19.4. The molecule has 0 unspecified atom stereocenters. The monoisotopic (exact) mass is 1570 g/mol. The van der Waals surface area contributed by atoms with E-state index >= 15 is 0 Å². The van der Waals surface area contributed by atoms with Crippen molar-refractivity contribution >= 4 is 115 Å². The zero-order valence-corrected chi connectivity index (χ0v) is 60.7. The first kappa shape index (κ1) is 79.6. The number of nitrogens with zero attached hydrogens (tertiary/aromatic N) is 11. The van der Waals surface area contributed by atoms with Gasteiger partial charge in [0.1, 0.15) is 0 Å². The number of carbonyl (C=O) groups excluding carboxylic acids is 2. The van der Waals surface area contributed by atoms with E-state index in [1.807, 2.05) is 45.0 Å². The summed E-state index contributed by atoms with van der Waals surface area (Å²) in [5.74, 6) is -1.09. The lowest BCUT2D eigenvalue weighted by Crippen LogP contribution is -2.38. The van der Waals surface area contributed by atoms with Gasteiger partial charge in [-0.15, -0.1) is 0 Å². The Hall–Kier alpha value is -13.5. The summed E-state index contributed by atoms with van der Waals surface area (Å²) in [6.07, 6.45) is 1.26. The average Bonchev–Trinajstić information content (AvgIpc) is 1.62. The number of carboxylic acids is 1. The summed E-state index contributed by atoms with van der Waals surface area (Å²) in [4.78, 5) is 75.3. The Kier molecular flexibility index (Phi) is 23.7. The third-order valence-corrected chi connectivity index (χ3v) is 17.6. The van der Waals surface area contributed by atoms with Crippen LogP contribution in [0.25, 0.3) is 33.8 Å². The van der Waals surface area contributed by atoms with Crippen molar-refractivity contribution in [3.05, 3.63) is 270 Å². The number of anilines is 12. The Morgan fingerprint density at radius 1 is 0.417 bits per heavy atom. The fourth-order valence-electron chi connectivity index (χ4n) is 11.5. The summed E-state index contributed by atoms with van der Waals surface area (Å²) in [5.41, 5.74) is 17.5. The molecule has 0 aliphatic carbocycles. The Morgan fingerprint density at radius 2 is 0.757 bits per heavy atom. The van der Waals surface area contributed by atoms with Crippen LogP contribution in [-0.2, 0) is 37.1 Å². The average molecular weight is 1570 g/mol. The van der Waals surface area contributed by atoms with Crippen molar-refractivity contribution in [3.63, 3.8) is 0 Å². The smallest absolute Gasteiger partial charge is 0.429 e. The molecule has 10 N–H and O–H groups in total. The number of nitrogen functional groups attached to an aromatic ring is 2. The highest BCUT2D eigenvalue weighted by molar-refractivity contribution is 6.85. The van der Waals surface area contributed by atoms with Crippen molar-refractivity contribution in [2.75, 3.05) is 73.5 Å². The molecule has 4 saturated heterocycles. The molecule has 580 valence electrons. The van der Waals surface area contributed by atoms with E-state index in [4.69, 9.17) is 35.2 Å². The molecule has 0 bridgehead atoms. The largest absolute Gasteiger partial charge is 0.478 e. The molecule has 10 heterocycles. The van der Waals surface area contributed by atoms with Crippen LogP contribution in [0, 0.1) is 20.8 Å². The van der Waals surface area contributed by atoms with Crippen LogP contribution in [0.15, 0.2) is 220 Å². The Bertz CT molecular complexity index is 5510. The fourth-order valence-corrected chi connectivity index (χ4v) is 11.5. The number of hydrogen-bond donors (Lipinski definition) is 8. The number of carboxylic acid groups (broad SMARTS) is 1. The van der Waals surface area contributed by atoms with E-state index in [0.717, 1.165) is 63.3 Å². The molecule has 0 saturated carbocycles. The maximum Gasteiger partial charge on any atom is 0.429 e. The van der Waals surface area contributed by atoms with Crippen molar-refractivity contribution < 1.29 is 77.6 Å². The minimum absolute atomic E-state index is 0.0112. The van der Waals surface area contributed by atoms with Gasteiger partial charge in [-0.25, -0.2) is 34.7 Å². The van der Waals surface area contributed by atoms with Gasteiger partial charge in [0.05, 0.1) is 65.4 Å². The number of aryl methyl sites for hydroxylation is 3. The van der Waals surface area contributed by atoms with Crippen molar-refractivity contribution in [3.8, 4) is 33.8 Å². The lowest BCUT2D eigenvalue weighted by Gasteiger charge is -2.24. The number of amides is 2. The van der Waals surface area contributed by atoms with Crippen molar-refractivity contribution in [1.82, 2.24) is 44.9 Å². The zero-order valence-electron chi connectivity index (χ0n) is 60.7. The summed E-state index contributed by atoms with van der Waals surface area (Å²) in [7, 11) is -1.58. The second-order valence-electron chi connectivity index (χ2n) is 26.0. The molecule has 12 aromatic rings. The number of rotatable bonds is 20. The molecule has 0 atom stereocenters. The first-order chi connectivity index (χ1) is 55.1. The van der Waals surface area contributed by atoms with Crippen LogP contribution < -0.4 is 47.5 Å². The summed E-state index contributed by atoms with van der Waals surface area (Å²) in [6.45, 7) is 7.07. The highest BCUT2D eigenvalue weighted by Crippen LogP contribution is 2.44. The molecule has 4 fully saturated rings. The van der Waals surface area contributed by atoms with E-state index in [-0.39, 0.29) is 59.2 Å². The number of hydrogen-bond acceptors (Lipinski definition) is 23. The molecule has 0 radical (unpaired) electrons. The number of aromatic nitrogens is 9. The molecule has 4 aliphatic rings. The zero-order chi connectivity index (χ0) is 81.3. The number of nitrogens with one attached hydrogen (secondary N) is 5. The van der Waals surface area contributed by atoms with Crippen LogP contribution >= 0.6 is 0 Å². The minimum atomic E-state index is -4.65. The Balaban J connectivity index is 0.000000139. The van der Waals surface area contributed by atoms with Gasteiger partial charge in [-0.3, -0.25) is 24.5 Å². The molecule has 16 rings (SSSR count). The van der Waals surface area contributed by atoms with E-state index in [2.05, 4.69) is 71.4 Å². The SMILES string of the molecule is Cc1ccc(C(=O)Nc2ccc(N(B3CO3)B3CO3)c(C(F)(F)F)c2)cc1Nc1nccc(-c2cccnc2)n1.Cc1ccc(C(=O)Nc2ccc(N)c(C(F)(F)F)c2)cc1Nc1nccc(-c2cccnc2)n1.Cc1ccc(C(=O)O)cc1Nc1nccc(-c2cccnc2)n1.Nc1ccc(N(B2CO2)B2CO2)c(C(F)(F)F)c1. The maximum absolute atomic E-state index is 14.0. The van der Waals surface area contributed by atoms with Crippen LogP contribution in [-0.4, -0.2) is 122 Å². The van der Waals surface area contributed by atoms with Crippen molar-refractivity contribution in [2.45, 2.75) is 39.3 Å². The van der Waals surface area contributed by atoms with Gasteiger partial charge in [0, 0.05) is 135 Å². The molecule has 6 aromatic heterocycles. The van der Waals surface area contributed by atoms with Crippen LogP contribution in [0.1, 0.15) is 64.5 Å². The van der Waals surface area contributed by atoms with Gasteiger partial charge in [-0.05, 0) is 183 Å². The predicted molar refractivity (Wildman–Crippen MR) is 417 cm³/mol. The van der Waals surface area contributed by atoms with Gasteiger partial charge >= 0.3 is 52.7 Å². The number of aromatic carboxylic acids is 1. The second kappa shape index (κ2) is 34.2. The number of halogens is 9. The molecule has 6 aromatic carbocycles. The third kappa shape index (κ3) is 20.8. The molecule has 2 amide bonds. The molecule has 39 heteroatoms. The van der Waals surface area contributed by atoms with Gasteiger partial charge < -0.3 is 71.2 Å². The van der Waals surface area contributed by atoms with E-state index in [1.165, 1.54) is 39.8 Å². The maximum atomic E-state index is 14.0. The molecular weight excluding hydrogens is 1510 g/mol. The first-order valence-corrected chi connectivity index (χ1v) is 34.9. The Labute approximate surface area is 650 Å². The lowest BCUT2D eigenvalue weighted by atomic mass is 9.75. The molecule has 0 spiro atoms. The van der Waals surface area contributed by atoms with E-state index in [1.54, 1.807) is 141 Å². The Morgan fingerprint density at radius 3 is 1.10 bits per heavy atom. The number of alkyl halides is 9. The molecule has 4 aliphatic heterocycles. The molecule has 26 nitrogen and oxygen atoms in total. The highest BCUT2D eigenvalue weighted by Gasteiger charge is 2.53. The number of benzene rings is 6. The standard InChI is InChI=1S/C26H21B2F3N6O3.C24H19F3N6O.C17H14N4O2.C9H9B2F3N2O2/c1-16-4-5-17(11-22(16)36-25-33-10-8-21(35-25)18-3-2-9-32-13-18)24(38)34-19-6-7-23(20(12-19)26(29,30)31)37(27-14-39-27)28-15-40-28;1-14-4-5-15(22(34)31-17-6-7-19(28)18(12-17)24(25,26)27)11-21(14)33-23-30-10-8-20(32-23)16-3-2-9-29-13-16;1-11-4-5-12(16(22)23)9-15(11)21-17-19-8-6-14(20-17)13-3-2-7-18-10-13;12-9(13,14)7-3-6(15)1-2-8(7)16(10-4-17-10)11-5-18-11/h2-13H,14-15H2,1H3,(H,34,38)(H,33,35,36);2-13H,28H2,1H3,(H,31,34)(H,30,32,33);2-10H,1H3,(H,22,23)(H,19,20,21);1-3H,4-5,15H2. The van der Waals surface area contributed by atoms with Crippen LogP contribution in [0.4, 0.5) is 109 Å². The molecular formula is C76H63B4F9N18O8. The normalized spacial score (nSPS) is 13.1. The first-order valence-electron chi connectivity index (χ1n) is 34.9. The summed E-state index contributed by atoms with van der Waals surface area (Å²) >= 11 is 0. The van der Waals surface area contributed by atoms with Crippen molar-refractivity contribution in [2.24, 2.45) is 0 Å². The van der Waals surface area contributed by atoms with Crippen LogP contribution in [0.3, 0.4) is 0 Å². The van der Waals surface area contributed by atoms with Gasteiger partial charge in [0.25, 0.3) is 11.8 Å². The fraction of sp³-hybridized carbons (Fsp3) is 0.132. The van der Waals surface area contributed by atoms with Crippen molar-refractivity contribution in [1.29, 1.82) is 0 Å².